The fraction of sp³-hybridized carbons (Fsp3) is 0.125. The number of aryl methyl sites for hydroxylation is 2. The lowest BCUT2D eigenvalue weighted by Crippen LogP contribution is -1.73. The Kier molecular flexibility index (Phi) is 3.20. The Morgan fingerprint density at radius 2 is 1.18 bits per heavy atom. The van der Waals surface area contributed by atoms with Crippen molar-refractivity contribution in [2.24, 2.45) is 10.2 Å². The molecule has 0 unspecified atom stereocenters. The second-order valence-electron chi connectivity index (χ2n) is 5.04. The van der Waals surface area contributed by atoms with E-state index in [1.165, 1.54) is 0 Å². The van der Waals surface area contributed by atoms with Gasteiger partial charge < -0.3 is 0 Å². The minimum atomic E-state index is 0.667. The highest BCUT2D eigenvalue weighted by Crippen LogP contribution is 2.33. The van der Waals surface area contributed by atoms with Gasteiger partial charge in [-0.2, -0.15) is 0 Å². The molecule has 0 atom stereocenters. The molecule has 0 aliphatic rings. The first-order valence-corrected chi connectivity index (χ1v) is 8.48. The maximum Gasteiger partial charge on any atom is 0.231 e. The van der Waals surface area contributed by atoms with Crippen LogP contribution in [0.1, 0.15) is 11.1 Å². The molecule has 0 bridgehead atoms. The zero-order valence-electron chi connectivity index (χ0n) is 12.1. The van der Waals surface area contributed by atoms with Crippen LogP contribution in [0.5, 0.6) is 0 Å². The van der Waals surface area contributed by atoms with Gasteiger partial charge in [-0.25, -0.2) is 9.97 Å². The molecule has 4 nitrogen and oxygen atoms in total. The number of azo groups is 1. The van der Waals surface area contributed by atoms with Crippen molar-refractivity contribution in [3.63, 3.8) is 0 Å². The topological polar surface area (TPSA) is 50.5 Å². The van der Waals surface area contributed by atoms with E-state index >= 15 is 0 Å². The molecule has 0 spiro atoms. The summed E-state index contributed by atoms with van der Waals surface area (Å²) >= 11 is 3.09. The van der Waals surface area contributed by atoms with Crippen molar-refractivity contribution < 1.29 is 0 Å². The molecule has 2 aromatic carbocycles. The zero-order valence-corrected chi connectivity index (χ0v) is 13.7. The van der Waals surface area contributed by atoms with Crippen molar-refractivity contribution >= 4 is 53.4 Å². The fourth-order valence-electron chi connectivity index (χ4n) is 2.32. The molecule has 22 heavy (non-hydrogen) atoms. The van der Waals surface area contributed by atoms with Gasteiger partial charge >= 0.3 is 0 Å². The quantitative estimate of drug-likeness (QED) is 0.428. The summed E-state index contributed by atoms with van der Waals surface area (Å²) in [5, 5.41) is 9.85. The largest absolute Gasteiger partial charge is 0.231 e. The third-order valence-corrected chi connectivity index (χ3v) is 5.25. The van der Waals surface area contributed by atoms with E-state index in [-0.39, 0.29) is 0 Å². The lowest BCUT2D eigenvalue weighted by atomic mass is 10.2. The van der Waals surface area contributed by atoms with Gasteiger partial charge in [0, 0.05) is 0 Å². The van der Waals surface area contributed by atoms with Crippen LogP contribution in [0, 0.1) is 13.8 Å². The number of hydrogen-bond acceptors (Lipinski definition) is 6. The Balaban J connectivity index is 1.72. The number of hydrogen-bond donors (Lipinski definition) is 0. The van der Waals surface area contributed by atoms with Crippen molar-refractivity contribution in [2.45, 2.75) is 13.8 Å². The first-order valence-electron chi connectivity index (χ1n) is 6.85. The van der Waals surface area contributed by atoms with E-state index in [4.69, 9.17) is 0 Å². The van der Waals surface area contributed by atoms with Gasteiger partial charge in [0.2, 0.25) is 10.3 Å². The lowest BCUT2D eigenvalue weighted by molar-refractivity contribution is 1.19. The summed E-state index contributed by atoms with van der Waals surface area (Å²) in [6.07, 6.45) is 0. The fourth-order valence-corrected chi connectivity index (χ4v) is 4.05. The van der Waals surface area contributed by atoms with Crippen molar-refractivity contribution in [3.05, 3.63) is 47.5 Å². The Morgan fingerprint density at radius 1 is 0.727 bits per heavy atom. The summed E-state index contributed by atoms with van der Waals surface area (Å²) in [5.74, 6) is 0. The third-order valence-electron chi connectivity index (χ3n) is 3.44. The third kappa shape index (κ3) is 2.30. The highest BCUT2D eigenvalue weighted by Gasteiger charge is 2.07. The smallest absolute Gasteiger partial charge is 0.217 e. The first kappa shape index (κ1) is 13.5. The predicted molar refractivity (Wildman–Crippen MR) is 92.9 cm³/mol. The van der Waals surface area contributed by atoms with Crippen LogP contribution in [0.4, 0.5) is 10.3 Å². The molecule has 0 aliphatic heterocycles. The van der Waals surface area contributed by atoms with Gasteiger partial charge in [-0.3, -0.25) is 0 Å². The molecule has 0 radical (unpaired) electrons. The molecule has 2 aromatic heterocycles. The second kappa shape index (κ2) is 5.23. The van der Waals surface area contributed by atoms with Crippen LogP contribution in [0.3, 0.4) is 0 Å². The van der Waals surface area contributed by atoms with Crippen LogP contribution in [0.15, 0.2) is 46.6 Å². The number of rotatable bonds is 2. The molecular weight excluding hydrogens is 312 g/mol. The Hall–Kier alpha value is -2.18. The normalized spacial score (nSPS) is 11.9. The molecule has 2 heterocycles. The van der Waals surface area contributed by atoms with Crippen molar-refractivity contribution in [3.8, 4) is 0 Å². The molecule has 0 N–H and O–H groups in total. The number of benzene rings is 2. The average molecular weight is 324 g/mol. The van der Waals surface area contributed by atoms with Crippen LogP contribution in [0.25, 0.3) is 20.4 Å². The van der Waals surface area contributed by atoms with E-state index in [0.717, 1.165) is 31.6 Å². The number of thiazole rings is 2. The van der Waals surface area contributed by atoms with Gasteiger partial charge in [0.1, 0.15) is 0 Å². The standard InChI is InChI=1S/C16H12N4S2/c1-9-5-3-7-11-13(9)17-15(21-11)19-20-16-18-14-10(2)6-4-8-12(14)22-16/h3-8H,1-2H3/b20-19+. The van der Waals surface area contributed by atoms with E-state index in [0.29, 0.717) is 10.3 Å². The lowest BCUT2D eigenvalue weighted by Gasteiger charge is -1.90. The summed E-state index contributed by atoms with van der Waals surface area (Å²) in [4.78, 5) is 9.07. The number of fused-ring (bicyclic) bond motifs is 2. The monoisotopic (exact) mass is 324 g/mol. The maximum atomic E-state index is 4.53. The SMILES string of the molecule is Cc1cccc2sc(/N=N/c3nc4c(C)cccc4s3)nc12. The molecule has 4 rings (SSSR count). The van der Waals surface area contributed by atoms with E-state index in [1.54, 1.807) is 22.7 Å². The van der Waals surface area contributed by atoms with E-state index in [2.05, 4.69) is 58.3 Å². The molecule has 108 valence electrons. The summed E-state index contributed by atoms with van der Waals surface area (Å²) < 4.78 is 2.27. The highest BCUT2D eigenvalue weighted by atomic mass is 32.1. The Bertz CT molecular complexity index is 932. The highest BCUT2D eigenvalue weighted by molar-refractivity contribution is 7.22. The van der Waals surface area contributed by atoms with Gasteiger partial charge in [0.15, 0.2) is 0 Å². The second-order valence-corrected chi connectivity index (χ2v) is 7.05. The van der Waals surface area contributed by atoms with E-state index < -0.39 is 0 Å². The van der Waals surface area contributed by atoms with Gasteiger partial charge in [-0.1, -0.05) is 46.9 Å². The summed E-state index contributed by atoms with van der Waals surface area (Å²) in [6.45, 7) is 4.11. The molecule has 4 aromatic rings. The van der Waals surface area contributed by atoms with E-state index in [1.807, 2.05) is 12.1 Å². The molecule has 6 heteroatoms. The van der Waals surface area contributed by atoms with Crippen molar-refractivity contribution in [1.82, 2.24) is 9.97 Å². The number of aromatic nitrogens is 2. The number of para-hydroxylation sites is 2. The van der Waals surface area contributed by atoms with Crippen LogP contribution in [-0.4, -0.2) is 9.97 Å². The van der Waals surface area contributed by atoms with Crippen LogP contribution in [0.2, 0.25) is 0 Å². The Labute approximate surface area is 135 Å². The first-order chi connectivity index (χ1) is 10.7. The molecule has 0 fully saturated rings. The summed E-state index contributed by atoms with van der Waals surface area (Å²) in [6, 6.07) is 12.3. The van der Waals surface area contributed by atoms with Gasteiger partial charge in [-0.15, -0.1) is 10.2 Å². The average Bonchev–Trinajstić information content (AvgIpc) is 3.10. The molecule has 0 saturated carbocycles. The maximum absolute atomic E-state index is 4.53. The molecule has 0 amide bonds. The van der Waals surface area contributed by atoms with Crippen LogP contribution in [-0.2, 0) is 0 Å². The predicted octanol–water partition coefficient (Wildman–Crippen LogP) is 5.94. The van der Waals surface area contributed by atoms with Crippen LogP contribution >= 0.6 is 22.7 Å². The molecular formula is C16H12N4S2. The van der Waals surface area contributed by atoms with Crippen LogP contribution < -0.4 is 0 Å². The minimum absolute atomic E-state index is 0.667. The molecule has 0 saturated heterocycles. The van der Waals surface area contributed by atoms with Gasteiger partial charge in [-0.05, 0) is 37.1 Å². The van der Waals surface area contributed by atoms with E-state index in [9.17, 15) is 0 Å². The van der Waals surface area contributed by atoms with Crippen molar-refractivity contribution in [2.75, 3.05) is 0 Å². The Morgan fingerprint density at radius 3 is 1.59 bits per heavy atom. The van der Waals surface area contributed by atoms with Gasteiger partial charge in [0.25, 0.3) is 0 Å². The zero-order chi connectivity index (χ0) is 15.1. The van der Waals surface area contributed by atoms with Crippen molar-refractivity contribution in [1.29, 1.82) is 0 Å². The summed E-state index contributed by atoms with van der Waals surface area (Å²) in [7, 11) is 0. The summed E-state index contributed by atoms with van der Waals surface area (Å²) in [5.41, 5.74) is 4.32. The number of nitrogens with zero attached hydrogens (tertiary/aromatic N) is 4. The van der Waals surface area contributed by atoms with Gasteiger partial charge in [0.05, 0.1) is 20.4 Å². The minimum Gasteiger partial charge on any atom is -0.217 e. The molecule has 0 aliphatic carbocycles.